The number of hydrogen-bond acceptors (Lipinski definition) is 6. The zero-order valence-electron chi connectivity index (χ0n) is 16.2. The van der Waals surface area contributed by atoms with Crippen LogP contribution in [0.5, 0.6) is 0 Å². The van der Waals surface area contributed by atoms with E-state index >= 15 is 0 Å². The standard InChI is InChI=1S/C19H25N5O3/c1-5-24-15-9-10-23(12-14(15)17(21-24)19(26)27-6-2)16-8-7-13(11-20-16)18(25)22(3)4/h7-8,11H,5-6,9-10,12H2,1-4H3. The van der Waals surface area contributed by atoms with Gasteiger partial charge in [0.1, 0.15) is 5.82 Å². The molecule has 2 aromatic rings. The Kier molecular flexibility index (Phi) is 5.43. The number of anilines is 1. The Morgan fingerprint density at radius 1 is 1.26 bits per heavy atom. The second kappa shape index (κ2) is 7.77. The summed E-state index contributed by atoms with van der Waals surface area (Å²) >= 11 is 0. The minimum atomic E-state index is -0.386. The number of carbonyl (C=O) groups excluding carboxylic acids is 2. The molecule has 0 radical (unpaired) electrons. The van der Waals surface area contributed by atoms with E-state index in [9.17, 15) is 9.59 Å². The van der Waals surface area contributed by atoms with Crippen LogP contribution in [0, 0.1) is 0 Å². The smallest absolute Gasteiger partial charge is 0.359 e. The van der Waals surface area contributed by atoms with Crippen LogP contribution in [0.3, 0.4) is 0 Å². The number of amides is 1. The highest BCUT2D eigenvalue weighted by Crippen LogP contribution is 2.26. The molecule has 1 aliphatic heterocycles. The zero-order valence-corrected chi connectivity index (χ0v) is 16.2. The summed E-state index contributed by atoms with van der Waals surface area (Å²) in [6, 6.07) is 3.62. The maximum atomic E-state index is 12.3. The van der Waals surface area contributed by atoms with E-state index in [1.807, 2.05) is 17.7 Å². The minimum Gasteiger partial charge on any atom is -0.461 e. The quantitative estimate of drug-likeness (QED) is 0.745. The van der Waals surface area contributed by atoms with Crippen molar-refractivity contribution >= 4 is 17.7 Å². The van der Waals surface area contributed by atoms with Gasteiger partial charge in [0, 0.05) is 57.6 Å². The molecule has 27 heavy (non-hydrogen) atoms. The van der Waals surface area contributed by atoms with Crippen molar-refractivity contribution in [1.82, 2.24) is 19.7 Å². The number of ether oxygens (including phenoxy) is 1. The molecule has 0 aliphatic carbocycles. The van der Waals surface area contributed by atoms with E-state index in [-0.39, 0.29) is 11.9 Å². The molecule has 144 valence electrons. The van der Waals surface area contributed by atoms with Crippen molar-refractivity contribution in [3.8, 4) is 0 Å². The topological polar surface area (TPSA) is 80.6 Å². The van der Waals surface area contributed by atoms with Crippen LogP contribution in [0.25, 0.3) is 0 Å². The minimum absolute atomic E-state index is 0.0798. The summed E-state index contributed by atoms with van der Waals surface area (Å²) in [6.07, 6.45) is 2.37. The largest absolute Gasteiger partial charge is 0.461 e. The van der Waals surface area contributed by atoms with Crippen molar-refractivity contribution in [3.05, 3.63) is 40.8 Å². The molecule has 0 bridgehead atoms. The van der Waals surface area contributed by atoms with E-state index in [0.29, 0.717) is 31.0 Å². The molecule has 0 aromatic carbocycles. The monoisotopic (exact) mass is 371 g/mol. The lowest BCUT2D eigenvalue weighted by Gasteiger charge is -2.28. The average Bonchev–Trinajstić information content (AvgIpc) is 3.05. The predicted molar refractivity (Wildman–Crippen MR) is 101 cm³/mol. The summed E-state index contributed by atoms with van der Waals surface area (Å²) in [7, 11) is 3.43. The molecular weight excluding hydrogens is 346 g/mol. The molecule has 3 rings (SSSR count). The third-order valence-electron chi connectivity index (χ3n) is 4.63. The number of fused-ring (bicyclic) bond motifs is 1. The number of carbonyl (C=O) groups is 2. The Morgan fingerprint density at radius 3 is 2.63 bits per heavy atom. The molecule has 0 saturated carbocycles. The lowest BCUT2D eigenvalue weighted by atomic mass is 10.0. The highest BCUT2D eigenvalue weighted by atomic mass is 16.5. The summed E-state index contributed by atoms with van der Waals surface area (Å²) in [5.41, 5.74) is 2.92. The lowest BCUT2D eigenvalue weighted by Crippen LogP contribution is -2.32. The molecule has 0 unspecified atom stereocenters. The molecule has 0 fully saturated rings. The van der Waals surface area contributed by atoms with Gasteiger partial charge < -0.3 is 14.5 Å². The molecule has 0 atom stereocenters. The van der Waals surface area contributed by atoms with Gasteiger partial charge in [0.2, 0.25) is 0 Å². The number of esters is 1. The first kappa shape index (κ1) is 18.9. The number of nitrogens with zero attached hydrogens (tertiary/aromatic N) is 5. The van der Waals surface area contributed by atoms with Crippen molar-refractivity contribution < 1.29 is 14.3 Å². The molecule has 3 heterocycles. The van der Waals surface area contributed by atoms with Crippen molar-refractivity contribution in [2.45, 2.75) is 33.4 Å². The highest BCUT2D eigenvalue weighted by Gasteiger charge is 2.29. The van der Waals surface area contributed by atoms with Crippen LogP contribution < -0.4 is 4.90 Å². The van der Waals surface area contributed by atoms with Gasteiger partial charge in [-0.1, -0.05) is 0 Å². The van der Waals surface area contributed by atoms with Crippen LogP contribution in [-0.2, 0) is 24.2 Å². The molecule has 2 aromatic heterocycles. The predicted octanol–water partition coefficient (Wildman–Crippen LogP) is 1.74. The van der Waals surface area contributed by atoms with Crippen molar-refractivity contribution in [2.24, 2.45) is 0 Å². The fraction of sp³-hybridized carbons (Fsp3) is 0.474. The molecule has 0 saturated heterocycles. The zero-order chi connectivity index (χ0) is 19.6. The Balaban J connectivity index is 1.86. The SMILES string of the molecule is CCOC(=O)c1nn(CC)c2c1CN(c1ccc(C(=O)N(C)C)cn1)CC2. The normalized spacial score (nSPS) is 13.3. The number of hydrogen-bond donors (Lipinski definition) is 0. The Morgan fingerprint density at radius 2 is 2.04 bits per heavy atom. The van der Waals surface area contributed by atoms with Gasteiger partial charge >= 0.3 is 5.97 Å². The fourth-order valence-corrected chi connectivity index (χ4v) is 3.27. The van der Waals surface area contributed by atoms with Gasteiger partial charge in [0.05, 0.1) is 12.2 Å². The molecular formula is C19H25N5O3. The van der Waals surface area contributed by atoms with E-state index in [1.54, 1.807) is 33.3 Å². The molecule has 1 amide bonds. The third kappa shape index (κ3) is 3.65. The number of aromatic nitrogens is 3. The van der Waals surface area contributed by atoms with Crippen LogP contribution in [0.4, 0.5) is 5.82 Å². The summed E-state index contributed by atoms with van der Waals surface area (Å²) < 4.78 is 7.05. The number of pyridine rings is 1. The van der Waals surface area contributed by atoms with Crippen LogP contribution in [0.15, 0.2) is 18.3 Å². The van der Waals surface area contributed by atoms with Gasteiger partial charge in [-0.25, -0.2) is 9.78 Å². The number of aryl methyl sites for hydroxylation is 1. The summed E-state index contributed by atoms with van der Waals surface area (Å²) in [5, 5.41) is 4.46. The van der Waals surface area contributed by atoms with E-state index < -0.39 is 0 Å². The van der Waals surface area contributed by atoms with Gasteiger partial charge in [-0.15, -0.1) is 0 Å². The van der Waals surface area contributed by atoms with Gasteiger partial charge in [0.15, 0.2) is 5.69 Å². The Bertz CT molecular complexity index is 842. The fourth-order valence-electron chi connectivity index (χ4n) is 3.27. The molecule has 8 nitrogen and oxygen atoms in total. The van der Waals surface area contributed by atoms with Gasteiger partial charge in [-0.3, -0.25) is 9.48 Å². The van der Waals surface area contributed by atoms with Crippen molar-refractivity contribution in [3.63, 3.8) is 0 Å². The van der Waals surface area contributed by atoms with Gasteiger partial charge in [0.25, 0.3) is 5.91 Å². The van der Waals surface area contributed by atoms with E-state index in [1.165, 1.54) is 4.90 Å². The average molecular weight is 371 g/mol. The first-order chi connectivity index (χ1) is 13.0. The summed E-state index contributed by atoms with van der Waals surface area (Å²) in [5.74, 6) is 0.307. The maximum absolute atomic E-state index is 12.3. The first-order valence-corrected chi connectivity index (χ1v) is 9.14. The highest BCUT2D eigenvalue weighted by molar-refractivity contribution is 5.93. The second-order valence-electron chi connectivity index (χ2n) is 6.59. The lowest BCUT2D eigenvalue weighted by molar-refractivity contribution is 0.0517. The van der Waals surface area contributed by atoms with E-state index in [2.05, 4.69) is 15.0 Å². The molecule has 0 N–H and O–H groups in total. The molecule has 0 spiro atoms. The molecule has 8 heteroatoms. The molecule has 1 aliphatic rings. The van der Waals surface area contributed by atoms with E-state index in [0.717, 1.165) is 30.0 Å². The number of rotatable bonds is 5. The maximum Gasteiger partial charge on any atom is 0.359 e. The van der Waals surface area contributed by atoms with Crippen LogP contribution in [0.1, 0.15) is 46.0 Å². The Labute approximate surface area is 158 Å². The second-order valence-corrected chi connectivity index (χ2v) is 6.59. The van der Waals surface area contributed by atoms with Crippen molar-refractivity contribution in [2.75, 3.05) is 32.1 Å². The van der Waals surface area contributed by atoms with Crippen molar-refractivity contribution in [1.29, 1.82) is 0 Å². The summed E-state index contributed by atoms with van der Waals surface area (Å²) in [4.78, 5) is 32.4. The van der Waals surface area contributed by atoms with Crippen LogP contribution in [0.2, 0.25) is 0 Å². The Hall–Kier alpha value is -2.90. The van der Waals surface area contributed by atoms with Gasteiger partial charge in [-0.05, 0) is 26.0 Å². The van der Waals surface area contributed by atoms with E-state index in [4.69, 9.17) is 4.74 Å². The van der Waals surface area contributed by atoms with Gasteiger partial charge in [-0.2, -0.15) is 5.10 Å². The van der Waals surface area contributed by atoms with Crippen LogP contribution in [-0.4, -0.2) is 58.8 Å². The first-order valence-electron chi connectivity index (χ1n) is 9.14. The third-order valence-corrected chi connectivity index (χ3v) is 4.63. The summed E-state index contributed by atoms with van der Waals surface area (Å²) in [6.45, 7) is 6.14. The van der Waals surface area contributed by atoms with Crippen LogP contribution >= 0.6 is 0 Å².